The van der Waals surface area contributed by atoms with Gasteiger partial charge in [0.05, 0.1) is 25.4 Å². The van der Waals surface area contributed by atoms with Crippen LogP contribution in [-0.4, -0.2) is 87.5 Å². The summed E-state index contributed by atoms with van der Waals surface area (Å²) in [5, 5.41) is 54.6. The van der Waals surface area contributed by atoms with Crippen molar-refractivity contribution >= 4 is 5.91 Å². The molecule has 1 amide bonds. The van der Waals surface area contributed by atoms with Gasteiger partial charge in [0.1, 0.15) is 24.4 Å². The monoisotopic (exact) mass is 1060 g/mol. The molecular weight excluding hydrogens is 935 g/mol. The van der Waals surface area contributed by atoms with Crippen LogP contribution in [0.5, 0.6) is 0 Å². The second-order valence-corrected chi connectivity index (χ2v) is 22.9. The van der Waals surface area contributed by atoms with Gasteiger partial charge in [0.15, 0.2) is 6.29 Å². The number of carbonyl (C=O) groups excluding carboxylic acids is 1. The summed E-state index contributed by atoms with van der Waals surface area (Å²) < 4.78 is 11.3. The van der Waals surface area contributed by atoms with Crippen molar-refractivity contribution in [3.05, 3.63) is 36.5 Å². The normalized spacial score (nSPS) is 19.1. The lowest BCUT2D eigenvalue weighted by molar-refractivity contribution is -0.302. The van der Waals surface area contributed by atoms with Gasteiger partial charge in [-0.15, -0.1) is 0 Å². The molecule has 0 spiro atoms. The number of ether oxygens (including phenoxy) is 2. The van der Waals surface area contributed by atoms with Crippen LogP contribution in [0.2, 0.25) is 0 Å². The zero-order valence-electron chi connectivity index (χ0n) is 49.3. The number of unbranched alkanes of at least 4 members (excludes halogenated alkanes) is 43. The van der Waals surface area contributed by atoms with E-state index in [1.807, 2.05) is 6.08 Å². The fourth-order valence-corrected chi connectivity index (χ4v) is 10.5. The Morgan fingerprint density at radius 2 is 0.760 bits per heavy atom. The molecule has 0 saturated carbocycles. The first kappa shape index (κ1) is 71.4. The van der Waals surface area contributed by atoms with E-state index in [0.717, 1.165) is 38.5 Å². The van der Waals surface area contributed by atoms with Crippen molar-refractivity contribution in [2.45, 2.75) is 365 Å². The van der Waals surface area contributed by atoms with Gasteiger partial charge >= 0.3 is 0 Å². The van der Waals surface area contributed by atoms with Crippen molar-refractivity contribution in [3.63, 3.8) is 0 Å². The topological polar surface area (TPSA) is 149 Å². The maximum atomic E-state index is 13.1. The molecule has 0 aromatic rings. The number of hydrogen-bond donors (Lipinski definition) is 6. The van der Waals surface area contributed by atoms with E-state index in [-0.39, 0.29) is 12.5 Å². The Kier molecular flexibility index (Phi) is 53.1. The predicted molar refractivity (Wildman–Crippen MR) is 318 cm³/mol. The van der Waals surface area contributed by atoms with Crippen LogP contribution in [0.4, 0.5) is 0 Å². The highest BCUT2D eigenvalue weighted by Gasteiger charge is 2.44. The molecule has 9 nitrogen and oxygen atoms in total. The van der Waals surface area contributed by atoms with E-state index >= 15 is 0 Å². The molecule has 1 heterocycles. The molecule has 442 valence electrons. The van der Waals surface area contributed by atoms with Crippen molar-refractivity contribution in [1.29, 1.82) is 0 Å². The van der Waals surface area contributed by atoms with E-state index in [1.54, 1.807) is 6.08 Å². The molecule has 9 heteroatoms. The van der Waals surface area contributed by atoms with Crippen molar-refractivity contribution in [2.75, 3.05) is 13.2 Å². The summed E-state index contributed by atoms with van der Waals surface area (Å²) in [6.45, 7) is 3.81. The molecule has 0 aromatic carbocycles. The van der Waals surface area contributed by atoms with E-state index in [4.69, 9.17) is 9.47 Å². The molecule has 7 unspecified atom stereocenters. The highest BCUT2D eigenvalue weighted by atomic mass is 16.7. The highest BCUT2D eigenvalue weighted by Crippen LogP contribution is 2.23. The second-order valence-electron chi connectivity index (χ2n) is 22.9. The Morgan fingerprint density at radius 1 is 0.440 bits per heavy atom. The van der Waals surface area contributed by atoms with E-state index in [9.17, 15) is 30.3 Å². The van der Waals surface area contributed by atoms with Gasteiger partial charge in [-0.25, -0.2) is 0 Å². The number of aliphatic hydroxyl groups excluding tert-OH is 5. The molecule has 6 N–H and O–H groups in total. The number of aliphatic hydroxyl groups is 5. The molecule has 0 bridgehead atoms. The molecule has 1 fully saturated rings. The van der Waals surface area contributed by atoms with Gasteiger partial charge in [-0.1, -0.05) is 294 Å². The molecule has 7 atom stereocenters. The van der Waals surface area contributed by atoms with Crippen molar-refractivity contribution in [2.24, 2.45) is 0 Å². The Labute approximate surface area is 463 Å². The lowest BCUT2D eigenvalue weighted by Crippen LogP contribution is -2.60. The fraction of sp³-hybridized carbons (Fsp3) is 0.894. The molecule has 0 radical (unpaired) electrons. The number of rotatable bonds is 57. The fourth-order valence-electron chi connectivity index (χ4n) is 10.5. The first-order valence-electron chi connectivity index (χ1n) is 32.7. The first-order valence-corrected chi connectivity index (χ1v) is 32.7. The van der Waals surface area contributed by atoms with Gasteiger partial charge in [0.25, 0.3) is 0 Å². The number of amides is 1. The van der Waals surface area contributed by atoms with Gasteiger partial charge in [0.2, 0.25) is 5.91 Å². The van der Waals surface area contributed by atoms with Crippen LogP contribution >= 0.6 is 0 Å². The summed E-state index contributed by atoms with van der Waals surface area (Å²) >= 11 is 0. The lowest BCUT2D eigenvalue weighted by Gasteiger charge is -2.40. The van der Waals surface area contributed by atoms with E-state index in [1.165, 1.54) is 263 Å². The lowest BCUT2D eigenvalue weighted by atomic mass is 9.99. The zero-order valence-corrected chi connectivity index (χ0v) is 49.3. The van der Waals surface area contributed by atoms with Gasteiger partial charge in [0, 0.05) is 6.42 Å². The average molecular weight is 1060 g/mol. The van der Waals surface area contributed by atoms with Crippen LogP contribution in [0.1, 0.15) is 322 Å². The van der Waals surface area contributed by atoms with Crippen LogP contribution in [0.3, 0.4) is 0 Å². The van der Waals surface area contributed by atoms with Crippen molar-refractivity contribution in [3.8, 4) is 0 Å². The summed E-state index contributed by atoms with van der Waals surface area (Å²) in [7, 11) is 0. The summed E-state index contributed by atoms with van der Waals surface area (Å²) in [6, 6.07) is -0.822. The predicted octanol–water partition coefficient (Wildman–Crippen LogP) is 17.1. The number of allylic oxidation sites excluding steroid dienone is 5. The maximum Gasteiger partial charge on any atom is 0.220 e. The first-order chi connectivity index (χ1) is 36.8. The molecule has 1 saturated heterocycles. The highest BCUT2D eigenvalue weighted by molar-refractivity contribution is 5.76. The smallest absolute Gasteiger partial charge is 0.220 e. The van der Waals surface area contributed by atoms with Crippen LogP contribution in [0.15, 0.2) is 36.5 Å². The molecule has 75 heavy (non-hydrogen) atoms. The Morgan fingerprint density at radius 3 is 1.12 bits per heavy atom. The van der Waals surface area contributed by atoms with Gasteiger partial charge in [-0.2, -0.15) is 0 Å². The minimum atomic E-state index is -1.57. The van der Waals surface area contributed by atoms with Crippen molar-refractivity contribution in [1.82, 2.24) is 5.32 Å². The number of hydrogen-bond acceptors (Lipinski definition) is 8. The SMILES string of the molecule is CCCCCCCCCC/C=C\CCCCCCCCCCCCCCCCCC(=O)NC(COC1OC(CO)C(O)C(O)C1O)C(O)/C=C/CC/C=C/CCCCCCCCCCCCCCCCCCCCC. The largest absolute Gasteiger partial charge is 0.394 e. The summed E-state index contributed by atoms with van der Waals surface area (Å²) in [5.41, 5.74) is 0. The third-order valence-electron chi connectivity index (χ3n) is 15.7. The molecular formula is C66H125NO8. The Bertz CT molecular complexity index is 1270. The summed E-state index contributed by atoms with van der Waals surface area (Å²) in [4.78, 5) is 13.1. The van der Waals surface area contributed by atoms with E-state index in [2.05, 4.69) is 43.5 Å². The zero-order chi connectivity index (χ0) is 54.3. The van der Waals surface area contributed by atoms with Crippen LogP contribution in [0.25, 0.3) is 0 Å². The molecule has 0 aromatic heterocycles. The third kappa shape index (κ3) is 44.9. The third-order valence-corrected chi connectivity index (χ3v) is 15.7. The summed E-state index contributed by atoms with van der Waals surface area (Å²) in [6.07, 6.45) is 66.7. The standard InChI is InChI=1S/C66H125NO8/c1-3-5-7-9-11-13-15-17-19-21-23-25-27-29-30-32-34-36-38-40-42-44-46-48-50-52-54-56-62(70)67-59(58-74-66-65(73)64(72)63(71)61(57-68)75-66)60(69)55-53-51-49-47-45-43-41-39-37-35-33-31-28-26-24-22-20-18-16-14-12-10-8-6-4-2/h21,23,45,47,53,55,59-61,63-66,68-69,71-73H,3-20,22,24-44,46,48-52,54,56-58H2,1-2H3,(H,67,70)/b23-21-,47-45+,55-53+. The van der Waals surface area contributed by atoms with Gasteiger partial charge in [-0.3, -0.25) is 4.79 Å². The Hall–Kier alpha value is -1.59. The quantitative estimate of drug-likeness (QED) is 0.0261. The summed E-state index contributed by atoms with van der Waals surface area (Å²) in [5.74, 6) is -0.181. The molecule has 0 aliphatic carbocycles. The minimum absolute atomic E-state index is 0.181. The number of carbonyl (C=O) groups is 1. The van der Waals surface area contributed by atoms with Gasteiger partial charge < -0.3 is 40.3 Å². The number of nitrogens with one attached hydrogen (secondary N) is 1. The van der Waals surface area contributed by atoms with Crippen molar-refractivity contribution < 1.29 is 39.8 Å². The second kappa shape index (κ2) is 55.7. The van der Waals surface area contributed by atoms with Gasteiger partial charge in [-0.05, 0) is 57.8 Å². The van der Waals surface area contributed by atoms with Crippen LogP contribution in [0, 0.1) is 0 Å². The Balaban J connectivity index is 2.18. The van der Waals surface area contributed by atoms with Crippen LogP contribution in [-0.2, 0) is 14.3 Å². The maximum absolute atomic E-state index is 13.1. The molecule has 1 aliphatic heterocycles. The van der Waals surface area contributed by atoms with Crippen LogP contribution < -0.4 is 5.32 Å². The average Bonchev–Trinajstić information content (AvgIpc) is 3.41. The molecule has 1 aliphatic rings. The van der Waals surface area contributed by atoms with E-state index < -0.39 is 49.5 Å². The minimum Gasteiger partial charge on any atom is -0.394 e. The molecule has 1 rings (SSSR count). The van der Waals surface area contributed by atoms with E-state index in [0.29, 0.717) is 6.42 Å².